The van der Waals surface area contributed by atoms with E-state index in [1.165, 1.54) is 62.3 Å². The molecular formula is C91H160N24O32. The van der Waals surface area contributed by atoms with Crippen molar-refractivity contribution in [3.63, 3.8) is 0 Å². The van der Waals surface area contributed by atoms with Crippen molar-refractivity contribution in [2.45, 2.75) is 27.7 Å². The minimum Gasteiger partial charge on any atom is -0.480 e. The van der Waals surface area contributed by atoms with Gasteiger partial charge in [0.1, 0.15) is 0 Å². The Bertz CT molecular complexity index is 3930. The van der Waals surface area contributed by atoms with Gasteiger partial charge in [-0.2, -0.15) is 0 Å². The topological polar surface area (TPSA) is 631 Å². The van der Waals surface area contributed by atoms with E-state index in [4.69, 9.17) is 28.4 Å². The SMILES string of the molecule is CCN(CC(=O)NCC(CNC(=O)CN(CC)C(=O)CN1CCN(CC(=O)O)CCN(CC(=O)O)CCN(CC(=O)OC)CC1)(CNC(=O)CN(CC)C(=O)CN1CCN(CC(=O)O)CCN(CC(=O)OC)CCN(CC(=O)OC)CC1)CNC(=O)CN(CC)C(=O)CN1CCN(CC(=O)O)CCN(CC(=O)OC)CCN(CC(=O)OC)CC1)C(=O)CN1CCN(CC(=O)O)CCN(CC(=O)O)CCN(CC(=O)OC)CC1. The van der Waals surface area contributed by atoms with Crippen LogP contribution >= 0.6 is 0 Å². The molecule has 0 atom stereocenters. The summed E-state index contributed by atoms with van der Waals surface area (Å²) in [6, 6.07) is 0. The van der Waals surface area contributed by atoms with Crippen molar-refractivity contribution in [1.29, 1.82) is 0 Å². The molecule has 0 saturated carbocycles. The van der Waals surface area contributed by atoms with E-state index in [9.17, 15) is 107 Å². The Morgan fingerprint density at radius 2 is 0.306 bits per heavy atom. The number of nitrogens with zero attached hydrogens (tertiary/aromatic N) is 20. The zero-order valence-corrected chi connectivity index (χ0v) is 87.2. The minimum absolute atomic E-state index is 0.0605. The highest BCUT2D eigenvalue weighted by atomic mass is 16.5. The lowest BCUT2D eigenvalue weighted by molar-refractivity contribution is -0.144. The molecule has 0 aromatic carbocycles. The van der Waals surface area contributed by atoms with E-state index in [0.717, 1.165) is 0 Å². The zero-order chi connectivity index (χ0) is 109. The van der Waals surface area contributed by atoms with Gasteiger partial charge in [-0.15, -0.1) is 0 Å². The predicted molar refractivity (Wildman–Crippen MR) is 524 cm³/mol. The van der Waals surface area contributed by atoms with Gasteiger partial charge in [0.15, 0.2) is 0 Å². The van der Waals surface area contributed by atoms with Crippen molar-refractivity contribution in [3.8, 4) is 0 Å². The summed E-state index contributed by atoms with van der Waals surface area (Å²) in [6.45, 7) is 0.151. The van der Waals surface area contributed by atoms with Crippen molar-refractivity contribution in [2.24, 2.45) is 5.41 Å². The number of hydrogen-bond acceptors (Lipinski definition) is 42. The van der Waals surface area contributed by atoms with Crippen LogP contribution in [0.3, 0.4) is 0 Å². The third-order valence-electron chi connectivity index (χ3n) is 25.7. The molecule has 4 aliphatic rings. The summed E-state index contributed by atoms with van der Waals surface area (Å²) in [5, 5.41) is 71.1. The van der Waals surface area contributed by atoms with Crippen LogP contribution < -0.4 is 21.3 Å². The standard InChI is InChI=1S/C91H160N24O32/c1-11-112(75(120)51-96-15-23-100(55-79(124)125)27-29-104(59-83(132)133)33-39-106(35-19-96)61-85(136)142-5)47-71(116)92-67-91(68-93-72(117)48-113(12-2)76(121)52-97-16-24-101(56-80(126)127)28-30-105(60-84(134)135)34-40-107(36-20-97)62-86(137)143-6,69-94-73(118)49-114(13-3)77(122)53-98-17-25-102(57-81(128)129)31-41-110(65-89(140)146-9)45-43-108(37-21-98)63-87(138)144-7)70-95-74(119)50-115(14-4)78(123)54-99-18-26-103(58-82(130)131)32-42-111(66-90(141)147-10)46-44-109(38-22-99)64-88(139)145-8/h11-70H2,1-10H3,(H,92,116)(H,93,117)(H,94,118)(H,95,119)(H,124,125)(H,126,127)(H,128,129)(H,130,131)(H,132,133)(H,134,135). The van der Waals surface area contributed by atoms with Gasteiger partial charge in [-0.3, -0.25) is 174 Å². The maximum Gasteiger partial charge on any atom is 0.319 e. The molecule has 56 nitrogen and oxygen atoms in total. The first kappa shape index (κ1) is 128. The van der Waals surface area contributed by atoms with E-state index in [1.807, 2.05) is 0 Å². The van der Waals surface area contributed by atoms with Crippen LogP contribution in [0.1, 0.15) is 27.7 Å². The molecule has 0 aromatic heterocycles. The molecule has 4 aliphatic heterocycles. The van der Waals surface area contributed by atoms with Crippen molar-refractivity contribution in [2.75, 3.05) is 435 Å². The van der Waals surface area contributed by atoms with E-state index in [1.54, 1.807) is 106 Å². The Hall–Kier alpha value is -11.2. The van der Waals surface area contributed by atoms with E-state index >= 15 is 19.2 Å². The molecule has 0 bridgehead atoms. The summed E-state index contributed by atoms with van der Waals surface area (Å²) in [6.07, 6.45) is 0. The van der Waals surface area contributed by atoms with Crippen molar-refractivity contribution in [1.82, 2.24) is 119 Å². The number of likely N-dealkylation sites (N-methyl/N-ethyl adjacent to an activating group) is 4. The number of ether oxygens (including phenoxy) is 6. The van der Waals surface area contributed by atoms with Crippen LogP contribution in [0.5, 0.6) is 0 Å². The number of nitrogens with one attached hydrogen (secondary N) is 4. The minimum atomic E-state index is -1.83. The molecule has 0 radical (unpaired) electrons. The number of rotatable bonds is 52. The first-order chi connectivity index (χ1) is 69.9. The Morgan fingerprint density at radius 3 is 0.408 bits per heavy atom. The molecular weight excluding hydrogens is 1940 g/mol. The van der Waals surface area contributed by atoms with Crippen LogP contribution in [0.25, 0.3) is 0 Å². The van der Waals surface area contributed by atoms with Gasteiger partial charge in [-0.05, 0) is 27.7 Å². The van der Waals surface area contributed by atoms with E-state index < -0.39 is 203 Å². The van der Waals surface area contributed by atoms with Gasteiger partial charge in [-0.1, -0.05) is 0 Å². The number of methoxy groups -OCH3 is 6. The summed E-state index contributed by atoms with van der Waals surface area (Å²) in [5.74, 6) is -16.1. The predicted octanol–water partition coefficient (Wildman–Crippen LogP) is -11.7. The molecule has 4 rings (SSSR count). The third-order valence-corrected chi connectivity index (χ3v) is 25.7. The Kier molecular flexibility index (Phi) is 61.5. The highest BCUT2D eigenvalue weighted by Gasteiger charge is 2.38. The number of carboxylic acid groups (broad SMARTS) is 6. The molecule has 10 N–H and O–H groups in total. The Labute approximate surface area is 858 Å². The van der Waals surface area contributed by atoms with Crippen LogP contribution in [0.15, 0.2) is 0 Å². The molecule has 4 fully saturated rings. The van der Waals surface area contributed by atoms with Crippen LogP contribution in [0.2, 0.25) is 0 Å². The molecule has 836 valence electrons. The van der Waals surface area contributed by atoms with Crippen LogP contribution in [-0.4, -0.2) is 683 Å². The first-order valence-electron chi connectivity index (χ1n) is 49.4. The fourth-order valence-electron chi connectivity index (χ4n) is 16.6. The van der Waals surface area contributed by atoms with Gasteiger partial charge in [0.2, 0.25) is 47.3 Å². The van der Waals surface area contributed by atoms with Gasteiger partial charge < -0.3 is 99.9 Å². The van der Waals surface area contributed by atoms with Gasteiger partial charge in [0.05, 0.1) is 174 Å². The van der Waals surface area contributed by atoms with Crippen LogP contribution in [0, 0.1) is 5.41 Å². The molecule has 0 unspecified atom stereocenters. The van der Waals surface area contributed by atoms with Gasteiger partial charge in [0.25, 0.3) is 0 Å². The summed E-state index contributed by atoms with van der Waals surface area (Å²) in [7, 11) is 7.31. The second-order valence-electron chi connectivity index (χ2n) is 36.5. The smallest absolute Gasteiger partial charge is 0.319 e. The molecule has 4 heterocycles. The maximum absolute atomic E-state index is 15.1. The second-order valence-corrected chi connectivity index (χ2v) is 36.5. The van der Waals surface area contributed by atoms with E-state index in [0.29, 0.717) is 0 Å². The molecule has 0 spiro atoms. The quantitative estimate of drug-likeness (QED) is 0.0200. The van der Waals surface area contributed by atoms with Crippen molar-refractivity contribution < 1.29 is 155 Å². The van der Waals surface area contributed by atoms with Gasteiger partial charge in [-0.25, -0.2) is 0 Å². The molecule has 4 saturated heterocycles. The average molecular weight is 2100 g/mol. The van der Waals surface area contributed by atoms with Gasteiger partial charge >= 0.3 is 71.6 Å². The Morgan fingerprint density at radius 1 is 0.197 bits per heavy atom. The van der Waals surface area contributed by atoms with Gasteiger partial charge in [0, 0.05) is 267 Å². The van der Waals surface area contributed by atoms with E-state index in [-0.39, 0.29) is 314 Å². The fourth-order valence-corrected chi connectivity index (χ4v) is 16.6. The normalized spacial score (nSPS) is 17.8. The van der Waals surface area contributed by atoms with E-state index in [2.05, 4.69) is 21.3 Å². The maximum atomic E-state index is 15.1. The van der Waals surface area contributed by atoms with Crippen molar-refractivity contribution in [3.05, 3.63) is 0 Å². The first-order valence-corrected chi connectivity index (χ1v) is 49.4. The Balaban J connectivity index is 1.91. The number of aliphatic carboxylic acids is 6. The number of carbonyl (C=O) groups is 20. The number of amides is 8. The monoisotopic (exact) mass is 2100 g/mol. The molecule has 8 amide bonds. The molecule has 56 heteroatoms. The fraction of sp³-hybridized carbons (Fsp3) is 0.780. The summed E-state index contributed by atoms with van der Waals surface area (Å²) >= 11 is 0. The summed E-state index contributed by atoms with van der Waals surface area (Å²) in [5.41, 5.74) is -1.83. The number of esters is 6. The summed E-state index contributed by atoms with van der Waals surface area (Å²) < 4.78 is 29.9. The lowest BCUT2D eigenvalue weighted by Crippen LogP contribution is -2.59. The molecule has 0 aliphatic carbocycles. The van der Waals surface area contributed by atoms with Crippen molar-refractivity contribution >= 4 is 119 Å². The second kappa shape index (κ2) is 70.6. The lowest BCUT2D eigenvalue weighted by atomic mass is 9.86. The highest BCUT2D eigenvalue weighted by molar-refractivity contribution is 5.89. The van der Waals surface area contributed by atoms with Crippen LogP contribution in [-0.2, 0) is 124 Å². The molecule has 147 heavy (non-hydrogen) atoms. The highest BCUT2D eigenvalue weighted by Crippen LogP contribution is 2.17. The largest absolute Gasteiger partial charge is 0.480 e. The number of hydrogen-bond donors (Lipinski definition) is 10. The number of carbonyl (C=O) groups excluding carboxylic acids is 14. The van der Waals surface area contributed by atoms with Crippen LogP contribution in [0.4, 0.5) is 0 Å². The summed E-state index contributed by atoms with van der Waals surface area (Å²) in [4.78, 5) is 301. The molecule has 0 aromatic rings. The zero-order valence-electron chi connectivity index (χ0n) is 87.2. The lowest BCUT2D eigenvalue weighted by Gasteiger charge is -2.36. The average Bonchev–Trinajstić information content (AvgIpc) is 0.840. The number of carboxylic acids is 6. The third kappa shape index (κ3) is 54.5.